The standard InChI is InChI=1S/C6H11N3/c7-9-5-6-2-1-3-8-4-6/h1,3-4,6,9H,2,5,7H2. The summed E-state index contributed by atoms with van der Waals surface area (Å²) >= 11 is 0. The highest BCUT2D eigenvalue weighted by Crippen LogP contribution is 2.03. The first-order valence-corrected chi connectivity index (χ1v) is 3.05. The molecule has 0 aromatic heterocycles. The van der Waals surface area contributed by atoms with Gasteiger partial charge in [0.1, 0.15) is 0 Å². The van der Waals surface area contributed by atoms with E-state index in [1.54, 1.807) is 0 Å². The van der Waals surface area contributed by atoms with Crippen LogP contribution in [0.2, 0.25) is 0 Å². The van der Waals surface area contributed by atoms with Crippen LogP contribution in [0.3, 0.4) is 0 Å². The van der Waals surface area contributed by atoms with Crippen molar-refractivity contribution in [2.75, 3.05) is 6.54 Å². The lowest BCUT2D eigenvalue weighted by Crippen LogP contribution is -2.29. The van der Waals surface area contributed by atoms with E-state index in [0.717, 1.165) is 13.0 Å². The topological polar surface area (TPSA) is 50.4 Å². The molecule has 0 aromatic carbocycles. The minimum absolute atomic E-state index is 0.486. The number of nitrogens with one attached hydrogen (secondary N) is 1. The molecule has 9 heavy (non-hydrogen) atoms. The molecule has 0 fully saturated rings. The first-order valence-electron chi connectivity index (χ1n) is 3.05. The molecule has 1 rings (SSSR count). The van der Waals surface area contributed by atoms with Gasteiger partial charge in [-0.25, -0.2) is 0 Å². The Balaban J connectivity index is 2.28. The van der Waals surface area contributed by atoms with E-state index < -0.39 is 0 Å². The molecule has 1 aliphatic heterocycles. The second-order valence-corrected chi connectivity index (χ2v) is 2.09. The van der Waals surface area contributed by atoms with E-state index >= 15 is 0 Å². The molecule has 3 nitrogen and oxygen atoms in total. The third-order valence-electron chi connectivity index (χ3n) is 1.31. The van der Waals surface area contributed by atoms with Crippen LogP contribution in [0, 0.1) is 5.92 Å². The molecule has 0 spiro atoms. The fraction of sp³-hybridized carbons (Fsp3) is 0.500. The summed E-state index contributed by atoms with van der Waals surface area (Å²) in [4.78, 5) is 3.98. The van der Waals surface area contributed by atoms with Gasteiger partial charge in [-0.15, -0.1) is 0 Å². The molecule has 1 atom stereocenters. The van der Waals surface area contributed by atoms with Gasteiger partial charge in [0.05, 0.1) is 0 Å². The quantitative estimate of drug-likeness (QED) is 0.405. The molecule has 0 bridgehead atoms. The van der Waals surface area contributed by atoms with Crippen LogP contribution >= 0.6 is 0 Å². The number of nitrogens with zero attached hydrogens (tertiary/aromatic N) is 1. The van der Waals surface area contributed by atoms with Crippen molar-refractivity contribution in [2.24, 2.45) is 16.8 Å². The van der Waals surface area contributed by atoms with Crippen molar-refractivity contribution in [2.45, 2.75) is 6.42 Å². The van der Waals surface area contributed by atoms with E-state index in [2.05, 4.69) is 10.4 Å². The van der Waals surface area contributed by atoms with Crippen molar-refractivity contribution in [1.82, 2.24) is 5.43 Å². The average Bonchev–Trinajstić information content (AvgIpc) is 1.91. The van der Waals surface area contributed by atoms with E-state index in [9.17, 15) is 0 Å². The van der Waals surface area contributed by atoms with E-state index in [1.807, 2.05) is 18.5 Å². The number of aliphatic imine (C=N–C) groups is 1. The van der Waals surface area contributed by atoms with Crippen LogP contribution in [0.1, 0.15) is 6.42 Å². The Morgan fingerprint density at radius 1 is 1.78 bits per heavy atom. The smallest absolute Gasteiger partial charge is 0.0224 e. The first-order chi connectivity index (χ1) is 4.43. The molecule has 0 aliphatic carbocycles. The summed E-state index contributed by atoms with van der Waals surface area (Å²) < 4.78 is 0. The largest absolute Gasteiger partial charge is 0.271 e. The molecule has 1 aliphatic rings. The van der Waals surface area contributed by atoms with Crippen LogP contribution in [0.15, 0.2) is 17.3 Å². The Labute approximate surface area is 54.6 Å². The number of rotatable bonds is 2. The van der Waals surface area contributed by atoms with Crippen molar-refractivity contribution in [1.29, 1.82) is 0 Å². The van der Waals surface area contributed by atoms with Crippen molar-refractivity contribution >= 4 is 6.21 Å². The van der Waals surface area contributed by atoms with Crippen LogP contribution < -0.4 is 11.3 Å². The fourth-order valence-electron chi connectivity index (χ4n) is 0.816. The highest BCUT2D eigenvalue weighted by molar-refractivity contribution is 5.63. The number of hydrogen-bond acceptors (Lipinski definition) is 3. The van der Waals surface area contributed by atoms with Gasteiger partial charge in [-0.1, -0.05) is 6.08 Å². The maximum absolute atomic E-state index is 5.12. The SMILES string of the molecule is NNCC1C=NC=CC1. The van der Waals surface area contributed by atoms with Crippen LogP contribution in [0.5, 0.6) is 0 Å². The molecule has 1 unspecified atom stereocenters. The highest BCUT2D eigenvalue weighted by atomic mass is 15.2. The van der Waals surface area contributed by atoms with E-state index in [1.165, 1.54) is 0 Å². The van der Waals surface area contributed by atoms with E-state index in [-0.39, 0.29) is 0 Å². The normalized spacial score (nSPS) is 24.8. The lowest BCUT2D eigenvalue weighted by Gasteiger charge is -2.09. The molecule has 50 valence electrons. The number of allylic oxidation sites excluding steroid dienone is 1. The van der Waals surface area contributed by atoms with E-state index in [0.29, 0.717) is 5.92 Å². The lowest BCUT2D eigenvalue weighted by atomic mass is 10.1. The molecule has 0 radical (unpaired) electrons. The minimum atomic E-state index is 0.486. The number of hydrazine groups is 1. The zero-order chi connectivity index (χ0) is 6.53. The Morgan fingerprint density at radius 2 is 2.67 bits per heavy atom. The van der Waals surface area contributed by atoms with Gasteiger partial charge in [0.25, 0.3) is 0 Å². The van der Waals surface area contributed by atoms with Gasteiger partial charge in [0.15, 0.2) is 0 Å². The lowest BCUT2D eigenvalue weighted by molar-refractivity contribution is 0.609. The number of hydrogen-bond donors (Lipinski definition) is 2. The molecule has 3 heteroatoms. The van der Waals surface area contributed by atoms with Gasteiger partial charge in [-0.2, -0.15) is 0 Å². The minimum Gasteiger partial charge on any atom is -0.271 e. The Bertz CT molecular complexity index is 128. The molecule has 0 amide bonds. The summed E-state index contributed by atoms with van der Waals surface area (Å²) in [6.07, 6.45) is 6.82. The van der Waals surface area contributed by atoms with Gasteiger partial charge < -0.3 is 0 Å². The summed E-state index contributed by atoms with van der Waals surface area (Å²) in [6, 6.07) is 0. The van der Waals surface area contributed by atoms with Crippen molar-refractivity contribution in [3.8, 4) is 0 Å². The maximum atomic E-state index is 5.12. The fourth-order valence-corrected chi connectivity index (χ4v) is 0.816. The third kappa shape index (κ3) is 1.95. The molecule has 0 aromatic rings. The van der Waals surface area contributed by atoms with Crippen molar-refractivity contribution < 1.29 is 0 Å². The Kier molecular flexibility index (Phi) is 2.42. The first kappa shape index (κ1) is 6.45. The van der Waals surface area contributed by atoms with Gasteiger partial charge in [0.2, 0.25) is 0 Å². The summed E-state index contributed by atoms with van der Waals surface area (Å²) in [7, 11) is 0. The molecular weight excluding hydrogens is 114 g/mol. The highest BCUT2D eigenvalue weighted by Gasteiger charge is 2.02. The predicted molar refractivity (Wildman–Crippen MR) is 37.9 cm³/mol. The summed E-state index contributed by atoms with van der Waals surface area (Å²) in [6.45, 7) is 0.813. The van der Waals surface area contributed by atoms with Crippen molar-refractivity contribution in [3.63, 3.8) is 0 Å². The predicted octanol–water partition coefficient (Wildman–Crippen LogP) is 0.0541. The maximum Gasteiger partial charge on any atom is 0.0224 e. The van der Waals surface area contributed by atoms with Crippen LogP contribution in [0.4, 0.5) is 0 Å². The van der Waals surface area contributed by atoms with Gasteiger partial charge in [-0.3, -0.25) is 16.3 Å². The van der Waals surface area contributed by atoms with Gasteiger partial charge in [0, 0.05) is 24.9 Å². The van der Waals surface area contributed by atoms with E-state index in [4.69, 9.17) is 5.84 Å². The second-order valence-electron chi connectivity index (χ2n) is 2.09. The third-order valence-corrected chi connectivity index (χ3v) is 1.31. The Morgan fingerprint density at radius 3 is 3.22 bits per heavy atom. The van der Waals surface area contributed by atoms with Crippen LogP contribution in [-0.2, 0) is 0 Å². The number of nitrogens with two attached hydrogens (primary N) is 1. The molecule has 3 N–H and O–H groups in total. The molecule has 0 saturated carbocycles. The summed E-state index contributed by atoms with van der Waals surface area (Å²) in [5.41, 5.74) is 2.61. The van der Waals surface area contributed by atoms with Crippen molar-refractivity contribution in [3.05, 3.63) is 12.3 Å². The van der Waals surface area contributed by atoms with Crippen LogP contribution in [-0.4, -0.2) is 12.8 Å². The molecule has 0 saturated heterocycles. The van der Waals surface area contributed by atoms with Gasteiger partial charge in [-0.05, 0) is 6.42 Å². The molecule has 1 heterocycles. The van der Waals surface area contributed by atoms with Crippen LogP contribution in [0.25, 0.3) is 0 Å². The summed E-state index contributed by atoms with van der Waals surface area (Å²) in [5.74, 6) is 5.61. The monoisotopic (exact) mass is 125 g/mol. The Hall–Kier alpha value is -0.670. The van der Waals surface area contributed by atoms with Gasteiger partial charge >= 0.3 is 0 Å². The summed E-state index contributed by atoms with van der Waals surface area (Å²) in [5, 5.41) is 0. The zero-order valence-corrected chi connectivity index (χ0v) is 5.25. The zero-order valence-electron chi connectivity index (χ0n) is 5.25. The molecular formula is C6H11N3. The average molecular weight is 125 g/mol. The second kappa shape index (κ2) is 3.37.